The Morgan fingerprint density at radius 2 is 2.04 bits per heavy atom. The SMILES string of the molecule is O=C(NCCNC1CCCCCC1)c1cc(-c2cccnc2)on1. The lowest BCUT2D eigenvalue weighted by atomic mass is 10.1. The zero-order chi connectivity index (χ0) is 16.6. The van der Waals surface area contributed by atoms with Crippen LogP contribution in [0.25, 0.3) is 11.3 Å². The molecule has 1 aliphatic carbocycles. The number of nitrogens with one attached hydrogen (secondary N) is 2. The summed E-state index contributed by atoms with van der Waals surface area (Å²) in [6, 6.07) is 5.92. The molecular formula is C18H24N4O2. The number of amides is 1. The van der Waals surface area contributed by atoms with Crippen LogP contribution in [-0.4, -0.2) is 35.2 Å². The monoisotopic (exact) mass is 328 g/mol. The number of pyridine rings is 1. The van der Waals surface area contributed by atoms with Crippen LogP contribution in [0.1, 0.15) is 49.0 Å². The molecule has 1 amide bonds. The molecule has 0 radical (unpaired) electrons. The minimum atomic E-state index is -0.212. The van der Waals surface area contributed by atoms with E-state index < -0.39 is 0 Å². The van der Waals surface area contributed by atoms with Crippen molar-refractivity contribution in [1.82, 2.24) is 20.8 Å². The summed E-state index contributed by atoms with van der Waals surface area (Å²) in [7, 11) is 0. The predicted molar refractivity (Wildman–Crippen MR) is 91.6 cm³/mol. The molecule has 0 aliphatic heterocycles. The van der Waals surface area contributed by atoms with Crippen LogP contribution in [0.5, 0.6) is 0 Å². The van der Waals surface area contributed by atoms with E-state index in [0.29, 0.717) is 24.0 Å². The van der Waals surface area contributed by atoms with Crippen molar-refractivity contribution in [3.8, 4) is 11.3 Å². The molecule has 24 heavy (non-hydrogen) atoms. The highest BCUT2D eigenvalue weighted by atomic mass is 16.5. The van der Waals surface area contributed by atoms with Gasteiger partial charge in [0.1, 0.15) is 0 Å². The smallest absolute Gasteiger partial charge is 0.273 e. The first-order chi connectivity index (χ1) is 11.8. The second kappa shape index (κ2) is 8.59. The van der Waals surface area contributed by atoms with Gasteiger partial charge in [-0.1, -0.05) is 30.8 Å². The van der Waals surface area contributed by atoms with E-state index in [1.165, 1.54) is 38.5 Å². The molecule has 6 nitrogen and oxygen atoms in total. The maximum atomic E-state index is 12.1. The Bertz CT molecular complexity index is 633. The molecule has 1 saturated carbocycles. The number of hydrogen-bond donors (Lipinski definition) is 2. The highest BCUT2D eigenvalue weighted by Gasteiger charge is 2.14. The van der Waals surface area contributed by atoms with Crippen molar-refractivity contribution in [2.45, 2.75) is 44.6 Å². The summed E-state index contributed by atoms with van der Waals surface area (Å²) in [5.41, 5.74) is 1.10. The molecule has 2 N–H and O–H groups in total. The zero-order valence-electron chi connectivity index (χ0n) is 13.8. The van der Waals surface area contributed by atoms with Crippen molar-refractivity contribution < 1.29 is 9.32 Å². The number of nitrogens with zero attached hydrogens (tertiary/aromatic N) is 2. The largest absolute Gasteiger partial charge is 0.355 e. The first-order valence-electron chi connectivity index (χ1n) is 8.71. The van der Waals surface area contributed by atoms with Crippen LogP contribution in [0.4, 0.5) is 0 Å². The van der Waals surface area contributed by atoms with E-state index in [-0.39, 0.29) is 5.91 Å². The van der Waals surface area contributed by atoms with Crippen LogP contribution in [-0.2, 0) is 0 Å². The molecule has 0 spiro atoms. The van der Waals surface area contributed by atoms with E-state index in [0.717, 1.165) is 12.1 Å². The summed E-state index contributed by atoms with van der Waals surface area (Å²) >= 11 is 0. The van der Waals surface area contributed by atoms with Gasteiger partial charge < -0.3 is 15.2 Å². The maximum absolute atomic E-state index is 12.1. The molecule has 0 saturated heterocycles. The number of carbonyl (C=O) groups is 1. The molecule has 1 aliphatic rings. The Labute approximate surface area is 142 Å². The Balaban J connectivity index is 1.43. The van der Waals surface area contributed by atoms with Gasteiger partial charge in [-0.25, -0.2) is 0 Å². The number of carbonyl (C=O) groups excluding carboxylic acids is 1. The molecule has 2 heterocycles. The van der Waals surface area contributed by atoms with Crippen molar-refractivity contribution in [2.75, 3.05) is 13.1 Å². The van der Waals surface area contributed by atoms with Crippen LogP contribution >= 0.6 is 0 Å². The molecule has 0 aromatic carbocycles. The normalized spacial score (nSPS) is 15.8. The van der Waals surface area contributed by atoms with Crippen molar-refractivity contribution in [1.29, 1.82) is 0 Å². The third-order valence-corrected chi connectivity index (χ3v) is 4.39. The second-order valence-electron chi connectivity index (χ2n) is 6.22. The zero-order valence-corrected chi connectivity index (χ0v) is 13.8. The third kappa shape index (κ3) is 4.64. The molecule has 2 aromatic rings. The minimum Gasteiger partial charge on any atom is -0.355 e. The molecule has 1 fully saturated rings. The van der Waals surface area contributed by atoms with Gasteiger partial charge in [-0.2, -0.15) is 0 Å². The minimum absolute atomic E-state index is 0.212. The van der Waals surface area contributed by atoms with Crippen LogP contribution in [0, 0.1) is 0 Å². The lowest BCUT2D eigenvalue weighted by molar-refractivity contribution is 0.0944. The summed E-state index contributed by atoms with van der Waals surface area (Å²) in [5, 5.41) is 10.3. The van der Waals surface area contributed by atoms with Gasteiger partial charge in [-0.05, 0) is 25.0 Å². The Morgan fingerprint density at radius 3 is 2.79 bits per heavy atom. The molecule has 2 aromatic heterocycles. The molecule has 6 heteroatoms. The molecule has 0 unspecified atom stereocenters. The molecule has 0 atom stereocenters. The van der Waals surface area contributed by atoms with E-state index >= 15 is 0 Å². The topological polar surface area (TPSA) is 80.0 Å². The van der Waals surface area contributed by atoms with Crippen LogP contribution in [0.15, 0.2) is 35.1 Å². The maximum Gasteiger partial charge on any atom is 0.273 e. The average molecular weight is 328 g/mol. The molecule has 128 valence electrons. The van der Waals surface area contributed by atoms with Crippen LogP contribution < -0.4 is 10.6 Å². The van der Waals surface area contributed by atoms with Gasteiger partial charge >= 0.3 is 0 Å². The fourth-order valence-electron chi connectivity index (χ4n) is 3.05. The summed E-state index contributed by atoms with van der Waals surface area (Å²) in [6.07, 6.45) is 11.2. The van der Waals surface area contributed by atoms with Crippen LogP contribution in [0.3, 0.4) is 0 Å². The van der Waals surface area contributed by atoms with Gasteiger partial charge in [-0.15, -0.1) is 0 Å². The quantitative estimate of drug-likeness (QED) is 0.629. The van der Waals surface area contributed by atoms with Gasteiger partial charge in [0, 0.05) is 43.2 Å². The summed E-state index contributed by atoms with van der Waals surface area (Å²) in [4.78, 5) is 16.1. The highest BCUT2D eigenvalue weighted by Crippen LogP contribution is 2.19. The standard InChI is InChI=1S/C18H24N4O2/c23-18(21-11-10-20-15-7-3-1-2-4-8-15)16-12-17(24-22-16)14-6-5-9-19-13-14/h5-6,9,12-13,15,20H,1-4,7-8,10-11H2,(H,21,23). The van der Waals surface area contributed by atoms with Crippen molar-refractivity contribution in [2.24, 2.45) is 0 Å². The Morgan fingerprint density at radius 1 is 1.21 bits per heavy atom. The molecule has 3 rings (SSSR count). The Kier molecular flexibility index (Phi) is 5.96. The van der Waals surface area contributed by atoms with Gasteiger partial charge in [0.25, 0.3) is 5.91 Å². The van der Waals surface area contributed by atoms with Crippen molar-refractivity contribution in [3.63, 3.8) is 0 Å². The number of aromatic nitrogens is 2. The first kappa shape index (κ1) is 16.6. The highest BCUT2D eigenvalue weighted by molar-refractivity contribution is 5.93. The summed E-state index contributed by atoms with van der Waals surface area (Å²) in [6.45, 7) is 1.37. The fourth-order valence-corrected chi connectivity index (χ4v) is 3.05. The number of hydrogen-bond acceptors (Lipinski definition) is 5. The fraction of sp³-hybridized carbons (Fsp3) is 0.500. The van der Waals surface area contributed by atoms with Crippen LogP contribution in [0.2, 0.25) is 0 Å². The van der Waals surface area contributed by atoms with E-state index in [1.807, 2.05) is 12.1 Å². The predicted octanol–water partition coefficient (Wildman–Crippen LogP) is 2.78. The lowest BCUT2D eigenvalue weighted by Crippen LogP contribution is -2.36. The second-order valence-corrected chi connectivity index (χ2v) is 6.22. The first-order valence-corrected chi connectivity index (χ1v) is 8.71. The van der Waals surface area contributed by atoms with Crippen molar-refractivity contribution >= 4 is 5.91 Å². The van der Waals surface area contributed by atoms with E-state index in [1.54, 1.807) is 18.5 Å². The summed E-state index contributed by atoms with van der Waals surface area (Å²) in [5.74, 6) is 0.335. The summed E-state index contributed by atoms with van der Waals surface area (Å²) < 4.78 is 5.22. The Hall–Kier alpha value is -2.21. The van der Waals surface area contributed by atoms with Gasteiger partial charge in [0.2, 0.25) is 0 Å². The van der Waals surface area contributed by atoms with Gasteiger partial charge in [0.15, 0.2) is 11.5 Å². The van der Waals surface area contributed by atoms with Gasteiger partial charge in [0.05, 0.1) is 0 Å². The number of rotatable bonds is 6. The molecule has 0 bridgehead atoms. The lowest BCUT2D eigenvalue weighted by Gasteiger charge is -2.16. The van der Waals surface area contributed by atoms with E-state index in [4.69, 9.17) is 4.52 Å². The average Bonchev–Trinajstić information content (AvgIpc) is 2.97. The van der Waals surface area contributed by atoms with E-state index in [9.17, 15) is 4.79 Å². The van der Waals surface area contributed by atoms with E-state index in [2.05, 4.69) is 20.8 Å². The van der Waals surface area contributed by atoms with Gasteiger partial charge in [-0.3, -0.25) is 9.78 Å². The third-order valence-electron chi connectivity index (χ3n) is 4.39. The molecular weight excluding hydrogens is 304 g/mol. The van der Waals surface area contributed by atoms with Crippen molar-refractivity contribution in [3.05, 3.63) is 36.3 Å².